The Morgan fingerprint density at radius 1 is 1.10 bits per heavy atom. The Balaban J connectivity index is 1.39. The van der Waals surface area contributed by atoms with Crippen molar-refractivity contribution in [2.24, 2.45) is 5.92 Å². The third-order valence-electron chi connectivity index (χ3n) is 6.18. The third-order valence-corrected chi connectivity index (χ3v) is 6.61. The lowest BCUT2D eigenvalue weighted by Gasteiger charge is -2.35. The molecule has 0 bridgehead atoms. The van der Waals surface area contributed by atoms with Crippen molar-refractivity contribution in [1.29, 1.82) is 0 Å². The number of hydrogen-bond acceptors (Lipinski definition) is 5. The van der Waals surface area contributed by atoms with Crippen molar-refractivity contribution in [2.45, 2.75) is 39.9 Å². The van der Waals surface area contributed by atoms with Crippen LogP contribution in [0.1, 0.15) is 25.3 Å². The maximum atomic E-state index is 5.76. The van der Waals surface area contributed by atoms with Gasteiger partial charge in [0.25, 0.3) is 0 Å². The van der Waals surface area contributed by atoms with Gasteiger partial charge in [-0.2, -0.15) is 5.10 Å². The van der Waals surface area contributed by atoms with E-state index in [-0.39, 0.29) is 0 Å². The number of likely N-dealkylation sites (tertiary alicyclic amines) is 1. The van der Waals surface area contributed by atoms with Crippen molar-refractivity contribution in [3.8, 4) is 11.4 Å². The van der Waals surface area contributed by atoms with Gasteiger partial charge in [-0.25, -0.2) is 4.68 Å². The summed E-state index contributed by atoms with van der Waals surface area (Å²) in [6.45, 7) is 13.3. The molecular formula is C22H33N5OS. The molecule has 2 aromatic rings. The van der Waals surface area contributed by atoms with Crippen molar-refractivity contribution in [2.75, 3.05) is 45.9 Å². The van der Waals surface area contributed by atoms with Crippen molar-refractivity contribution in [3.63, 3.8) is 0 Å². The van der Waals surface area contributed by atoms with Crippen molar-refractivity contribution >= 4 is 12.2 Å². The molecule has 3 heterocycles. The second kappa shape index (κ2) is 9.51. The summed E-state index contributed by atoms with van der Waals surface area (Å²) in [6, 6.07) is 8.51. The summed E-state index contributed by atoms with van der Waals surface area (Å²) in [5.74, 6) is 1.77. The van der Waals surface area contributed by atoms with Gasteiger partial charge >= 0.3 is 0 Å². The molecule has 0 saturated carbocycles. The van der Waals surface area contributed by atoms with Gasteiger partial charge in [-0.05, 0) is 50.9 Å². The Bertz CT molecular complexity index is 862. The molecule has 0 atom stereocenters. The molecule has 0 amide bonds. The monoisotopic (exact) mass is 415 g/mol. The molecule has 6 nitrogen and oxygen atoms in total. The average Bonchev–Trinajstić information content (AvgIpc) is 3.05. The number of ether oxygens (including phenoxy) is 1. The minimum absolute atomic E-state index is 0.787. The van der Waals surface area contributed by atoms with Gasteiger partial charge in [0.15, 0.2) is 10.6 Å². The van der Waals surface area contributed by atoms with E-state index in [1.807, 2.05) is 4.68 Å². The van der Waals surface area contributed by atoms with E-state index < -0.39 is 0 Å². The van der Waals surface area contributed by atoms with Crippen molar-refractivity contribution in [3.05, 3.63) is 34.6 Å². The fourth-order valence-electron chi connectivity index (χ4n) is 4.46. The molecule has 0 radical (unpaired) electrons. The molecule has 1 aromatic heterocycles. The number of aryl methyl sites for hydroxylation is 1. The fourth-order valence-corrected chi connectivity index (χ4v) is 4.78. The molecule has 2 fully saturated rings. The molecule has 2 saturated heterocycles. The first-order valence-corrected chi connectivity index (χ1v) is 11.3. The summed E-state index contributed by atoms with van der Waals surface area (Å²) in [5, 5.41) is 4.91. The topological polar surface area (TPSA) is 38.5 Å². The smallest absolute Gasteiger partial charge is 0.199 e. The Morgan fingerprint density at radius 2 is 1.86 bits per heavy atom. The highest BCUT2D eigenvalue weighted by Crippen LogP contribution is 2.22. The maximum absolute atomic E-state index is 5.76. The number of rotatable bonds is 6. The molecule has 0 N–H and O–H groups in total. The number of hydrogen-bond donors (Lipinski definition) is 0. The molecule has 158 valence electrons. The van der Waals surface area contributed by atoms with Crippen LogP contribution >= 0.6 is 12.2 Å². The molecular weight excluding hydrogens is 382 g/mol. The highest BCUT2D eigenvalue weighted by atomic mass is 32.1. The molecule has 0 spiro atoms. The van der Waals surface area contributed by atoms with Gasteiger partial charge in [0, 0.05) is 44.8 Å². The summed E-state index contributed by atoms with van der Waals surface area (Å²) in [7, 11) is 0. The van der Waals surface area contributed by atoms with Crippen LogP contribution in [0.4, 0.5) is 0 Å². The first kappa shape index (κ1) is 20.7. The Kier molecular flexibility index (Phi) is 6.80. The minimum atomic E-state index is 0.787. The van der Waals surface area contributed by atoms with Gasteiger partial charge in [0.05, 0.1) is 19.9 Å². The second-order valence-corrected chi connectivity index (χ2v) is 8.70. The fraction of sp³-hybridized carbons (Fsp3) is 0.636. The van der Waals surface area contributed by atoms with Gasteiger partial charge < -0.3 is 9.30 Å². The lowest BCUT2D eigenvalue weighted by atomic mass is 9.96. The zero-order chi connectivity index (χ0) is 20.2. The predicted molar refractivity (Wildman–Crippen MR) is 118 cm³/mol. The third kappa shape index (κ3) is 4.97. The SMILES string of the molecule is CCn1c(-c2cccc(C)c2)nn(CN2CCC(CN3CCOCC3)CC2)c1=S. The van der Waals surface area contributed by atoms with Gasteiger partial charge in [-0.1, -0.05) is 23.8 Å². The van der Waals surface area contributed by atoms with Crippen molar-refractivity contribution in [1.82, 2.24) is 24.1 Å². The van der Waals surface area contributed by atoms with Gasteiger partial charge in [0.1, 0.15) is 0 Å². The average molecular weight is 416 g/mol. The van der Waals surface area contributed by atoms with E-state index in [4.69, 9.17) is 22.1 Å². The summed E-state index contributed by atoms with van der Waals surface area (Å²) in [4.78, 5) is 5.07. The van der Waals surface area contributed by atoms with E-state index in [1.54, 1.807) is 0 Å². The number of piperidine rings is 1. The highest BCUT2D eigenvalue weighted by Gasteiger charge is 2.23. The van der Waals surface area contributed by atoms with E-state index in [0.29, 0.717) is 0 Å². The van der Waals surface area contributed by atoms with Crippen LogP contribution in [0.2, 0.25) is 0 Å². The molecule has 0 unspecified atom stereocenters. The van der Waals surface area contributed by atoms with Crippen LogP contribution in [-0.2, 0) is 18.0 Å². The van der Waals surface area contributed by atoms with E-state index >= 15 is 0 Å². The van der Waals surface area contributed by atoms with Crippen LogP contribution in [0, 0.1) is 17.6 Å². The Hall–Kier alpha value is -1.54. The minimum Gasteiger partial charge on any atom is -0.379 e. The number of aromatic nitrogens is 3. The molecule has 0 aliphatic carbocycles. The normalized spacial score (nSPS) is 19.7. The zero-order valence-electron chi connectivity index (χ0n) is 17.7. The van der Waals surface area contributed by atoms with E-state index in [0.717, 1.165) is 74.7 Å². The van der Waals surface area contributed by atoms with Crippen LogP contribution in [0.15, 0.2) is 24.3 Å². The quantitative estimate of drug-likeness (QED) is 0.676. The standard InChI is InChI=1S/C22H33N5OS/c1-3-26-21(20-6-4-5-18(2)15-20)23-27(22(26)29)17-25-9-7-19(8-10-25)16-24-11-13-28-14-12-24/h4-6,15,19H,3,7-14,16-17H2,1-2H3. The molecule has 2 aliphatic rings. The summed E-state index contributed by atoms with van der Waals surface area (Å²) < 4.78 is 10.5. The van der Waals surface area contributed by atoms with Gasteiger partial charge in [-0.15, -0.1) is 0 Å². The molecule has 1 aromatic carbocycles. The highest BCUT2D eigenvalue weighted by molar-refractivity contribution is 7.71. The molecule has 2 aliphatic heterocycles. The van der Waals surface area contributed by atoms with Gasteiger partial charge in [0.2, 0.25) is 0 Å². The number of nitrogens with zero attached hydrogens (tertiary/aromatic N) is 5. The number of benzene rings is 1. The predicted octanol–water partition coefficient (Wildman–Crippen LogP) is 3.41. The summed E-state index contributed by atoms with van der Waals surface area (Å²) in [6.07, 6.45) is 2.51. The lowest BCUT2D eigenvalue weighted by molar-refractivity contribution is 0.0228. The Labute approximate surface area is 179 Å². The molecule has 7 heteroatoms. The molecule has 29 heavy (non-hydrogen) atoms. The summed E-state index contributed by atoms with van der Waals surface area (Å²) in [5.41, 5.74) is 2.38. The summed E-state index contributed by atoms with van der Waals surface area (Å²) >= 11 is 5.76. The van der Waals surface area contributed by atoms with Crippen molar-refractivity contribution < 1.29 is 4.74 Å². The lowest BCUT2D eigenvalue weighted by Crippen LogP contribution is -2.43. The molecule has 4 rings (SSSR count). The van der Waals surface area contributed by atoms with E-state index in [1.165, 1.54) is 24.9 Å². The van der Waals surface area contributed by atoms with Crippen LogP contribution in [-0.4, -0.2) is 70.1 Å². The van der Waals surface area contributed by atoms with E-state index in [2.05, 4.69) is 52.5 Å². The van der Waals surface area contributed by atoms with Gasteiger partial charge in [-0.3, -0.25) is 9.80 Å². The maximum Gasteiger partial charge on any atom is 0.199 e. The van der Waals surface area contributed by atoms with Crippen LogP contribution in [0.5, 0.6) is 0 Å². The first-order chi connectivity index (χ1) is 14.1. The number of morpholine rings is 1. The first-order valence-electron chi connectivity index (χ1n) is 10.9. The Morgan fingerprint density at radius 3 is 2.55 bits per heavy atom. The van der Waals surface area contributed by atoms with Crippen LogP contribution in [0.3, 0.4) is 0 Å². The second-order valence-electron chi connectivity index (χ2n) is 8.34. The largest absolute Gasteiger partial charge is 0.379 e. The zero-order valence-corrected chi connectivity index (χ0v) is 18.5. The van der Waals surface area contributed by atoms with Crippen LogP contribution < -0.4 is 0 Å². The van der Waals surface area contributed by atoms with E-state index in [9.17, 15) is 0 Å². The van der Waals surface area contributed by atoms with Crippen LogP contribution in [0.25, 0.3) is 11.4 Å².